The Hall–Kier alpha value is -3.45. The van der Waals surface area contributed by atoms with Crippen molar-refractivity contribution in [3.8, 4) is 0 Å². The Balaban J connectivity index is -0.00000112. The molecule has 0 aromatic heterocycles. The first-order valence-corrected chi connectivity index (χ1v) is 28.4. The first-order chi connectivity index (χ1) is 31.9. The number of carbonyl (C=O) groups is 3. The Morgan fingerprint density at radius 3 is 0.954 bits per heavy atom. The molecule has 5 N–H and O–H groups in total. The molecule has 0 fully saturated rings. The molecule has 366 valence electrons. The van der Waals surface area contributed by atoms with Crippen LogP contribution in [0.25, 0.3) is 0 Å². The smallest absolute Gasteiger partial charge is 0.355 e. The van der Waals surface area contributed by atoms with E-state index in [2.05, 4.69) is 151 Å². The molecule has 0 aliphatic heterocycles. The fourth-order valence-electron chi connectivity index (χ4n) is 4.78. The van der Waals surface area contributed by atoms with E-state index in [0.717, 1.165) is 119 Å². The van der Waals surface area contributed by atoms with Crippen molar-refractivity contribution in [1.82, 2.24) is 16.0 Å². The number of amides is 3. The molecule has 0 radical (unpaired) electrons. The summed E-state index contributed by atoms with van der Waals surface area (Å²) in [6, 6.07) is 0. The molecule has 0 saturated carbocycles. The van der Waals surface area contributed by atoms with Gasteiger partial charge in [-0.2, -0.15) is 9.59 Å². The molecule has 0 aliphatic rings. The lowest BCUT2D eigenvalue weighted by Crippen LogP contribution is -2.25. The highest BCUT2D eigenvalue weighted by Gasteiger charge is 2.01. The van der Waals surface area contributed by atoms with E-state index >= 15 is 0 Å². The van der Waals surface area contributed by atoms with Crippen molar-refractivity contribution >= 4 is 67.0 Å². The first-order valence-electron chi connectivity index (χ1n) is 23.4. The molecule has 0 atom stereocenters. The highest BCUT2D eigenvalue weighted by atomic mass is 33.1. The summed E-state index contributed by atoms with van der Waals surface area (Å²) >= 11 is 0. The Labute approximate surface area is 411 Å². The fraction of sp³-hybridized carbons (Fsp3) is 0.538. The van der Waals surface area contributed by atoms with E-state index in [4.69, 9.17) is 15.3 Å². The molecule has 13 heteroatoms. The molecule has 3 amide bonds. The maximum absolute atomic E-state index is 11.8. The summed E-state index contributed by atoms with van der Waals surface area (Å²) in [4.78, 5) is 50.9. The molecule has 65 heavy (non-hydrogen) atoms. The van der Waals surface area contributed by atoms with Gasteiger partial charge in [-0.1, -0.05) is 185 Å². The van der Waals surface area contributed by atoms with Gasteiger partial charge < -0.3 is 21.7 Å². The summed E-state index contributed by atoms with van der Waals surface area (Å²) in [5.41, 5.74) is 5.43. The average molecular weight is 974 g/mol. The van der Waals surface area contributed by atoms with Gasteiger partial charge in [-0.25, -0.2) is 0 Å². The topological polar surface area (TPSA) is 147 Å². The second-order valence-corrected chi connectivity index (χ2v) is 19.2. The second-order valence-electron chi connectivity index (χ2n) is 13.8. The maximum atomic E-state index is 11.8. The summed E-state index contributed by atoms with van der Waals surface area (Å²) in [6.07, 6.45) is 59.7. The van der Waals surface area contributed by atoms with Crippen LogP contribution in [0, 0.1) is 0 Å². The van der Waals surface area contributed by atoms with Crippen LogP contribution in [0.15, 0.2) is 122 Å². The van der Waals surface area contributed by atoms with Crippen LogP contribution >= 0.6 is 43.2 Å². The third-order valence-electron chi connectivity index (χ3n) is 8.08. The SMILES string of the molecule is CC/C=C\C/C=C\C/C=C\C/C=C\C/C=C\CCCC(=O)NCCSSCCN.CC/C=C\C/C=C\C/C=C\C/C=C\C/C=C\CCCC(=O)NCCSSCCNC(=O)CC.O=C=O. The Morgan fingerprint density at radius 2 is 0.677 bits per heavy atom. The van der Waals surface area contributed by atoms with Crippen molar-refractivity contribution in [2.45, 2.75) is 130 Å². The van der Waals surface area contributed by atoms with E-state index in [-0.39, 0.29) is 23.9 Å². The monoisotopic (exact) mass is 973 g/mol. The van der Waals surface area contributed by atoms with Gasteiger partial charge >= 0.3 is 6.15 Å². The van der Waals surface area contributed by atoms with Crippen molar-refractivity contribution in [3.05, 3.63) is 122 Å². The molecular weight excluding hydrogens is 889 g/mol. The summed E-state index contributed by atoms with van der Waals surface area (Å²) in [5, 5.41) is 8.77. The largest absolute Gasteiger partial charge is 0.373 e. The van der Waals surface area contributed by atoms with Gasteiger partial charge in [0.05, 0.1) is 0 Å². The summed E-state index contributed by atoms with van der Waals surface area (Å²) < 4.78 is 0. The van der Waals surface area contributed by atoms with Crippen LogP contribution < -0.4 is 21.7 Å². The van der Waals surface area contributed by atoms with E-state index < -0.39 is 0 Å². The van der Waals surface area contributed by atoms with Crippen LogP contribution in [0.4, 0.5) is 0 Å². The maximum Gasteiger partial charge on any atom is 0.373 e. The number of hydrogen-bond donors (Lipinski definition) is 4. The number of nitrogens with one attached hydrogen (secondary N) is 3. The van der Waals surface area contributed by atoms with Crippen molar-refractivity contribution in [2.24, 2.45) is 5.73 Å². The first kappa shape index (κ1) is 65.8. The van der Waals surface area contributed by atoms with E-state index in [1.165, 1.54) is 0 Å². The quantitative estimate of drug-likeness (QED) is 0.0266. The number of allylic oxidation sites excluding steroid dienone is 20. The van der Waals surface area contributed by atoms with Crippen LogP contribution in [0.3, 0.4) is 0 Å². The molecule has 9 nitrogen and oxygen atoms in total. The molecule has 0 aromatic rings. The van der Waals surface area contributed by atoms with Gasteiger partial charge in [0.2, 0.25) is 17.7 Å². The molecule has 0 unspecified atom stereocenters. The summed E-state index contributed by atoms with van der Waals surface area (Å²) in [7, 11) is 6.98. The van der Waals surface area contributed by atoms with Crippen molar-refractivity contribution < 1.29 is 24.0 Å². The average Bonchev–Trinajstić information content (AvgIpc) is 3.30. The Morgan fingerprint density at radius 1 is 0.415 bits per heavy atom. The van der Waals surface area contributed by atoms with Crippen LogP contribution in [0.2, 0.25) is 0 Å². The van der Waals surface area contributed by atoms with Crippen molar-refractivity contribution in [3.63, 3.8) is 0 Å². The zero-order valence-electron chi connectivity index (χ0n) is 40.0. The lowest BCUT2D eigenvalue weighted by molar-refractivity contribution is -0.191. The summed E-state index contributed by atoms with van der Waals surface area (Å²) in [6.45, 7) is 9.00. The van der Waals surface area contributed by atoms with Gasteiger partial charge in [0, 0.05) is 68.5 Å². The van der Waals surface area contributed by atoms with E-state index in [0.29, 0.717) is 38.9 Å². The zero-order valence-corrected chi connectivity index (χ0v) is 43.2. The lowest BCUT2D eigenvalue weighted by atomic mass is 10.2. The van der Waals surface area contributed by atoms with Gasteiger partial charge in [0.1, 0.15) is 0 Å². The Kier molecular flexibility index (Phi) is 63.4. The minimum Gasteiger partial charge on any atom is -0.355 e. The second kappa shape index (κ2) is 62.6. The highest BCUT2D eigenvalue weighted by Crippen LogP contribution is 2.19. The molecule has 0 spiro atoms. The van der Waals surface area contributed by atoms with Crippen LogP contribution in [0.1, 0.15) is 130 Å². The standard InChI is InChI=1S/C27H44N2O2S2.C24H40N2OS2.CO2/c1-3-5-6-7-8-9-10-11-12-13-14-15-16-17-18-19-20-21-27(31)29-23-25-33-32-24-22-28-26(30)4-2;1-2-3-4-5-6-7-8-9-10-11-12-13-14-15-16-17-18-19-24(27)26-21-23-29-28-22-20-25;2-1-3/h5-6,8-9,11-12,14-15,17-18H,3-4,7,10,13,16,19-25H2,1-2H3,(H,28,30)(H,29,31);3-4,6-7,9-10,12-13,15-16H,2,5,8,11,14,17-23,25H2,1H3,(H,26,27);/b6-5-,9-8-,12-11-,15-14-,18-17-;4-3-,7-6-,10-9-,13-12-,16-15-;. The summed E-state index contributed by atoms with van der Waals surface area (Å²) in [5.74, 6) is 4.05. The van der Waals surface area contributed by atoms with E-state index in [9.17, 15) is 14.4 Å². The minimum atomic E-state index is 0.0949. The van der Waals surface area contributed by atoms with Gasteiger partial charge in [-0.15, -0.1) is 0 Å². The normalized spacial score (nSPS) is 11.9. The van der Waals surface area contributed by atoms with E-state index in [1.54, 1.807) is 43.2 Å². The van der Waals surface area contributed by atoms with Crippen LogP contribution in [-0.2, 0) is 24.0 Å². The van der Waals surface area contributed by atoms with Crippen LogP contribution in [0.5, 0.6) is 0 Å². The molecule has 0 aliphatic carbocycles. The third-order valence-corrected chi connectivity index (χ3v) is 12.9. The molecule has 0 heterocycles. The molecular formula is C52H84N4O5S4. The van der Waals surface area contributed by atoms with Gasteiger partial charge in [0.25, 0.3) is 0 Å². The Bertz CT molecular complexity index is 1430. The zero-order chi connectivity index (χ0) is 48.2. The fourth-order valence-corrected chi connectivity index (χ4v) is 8.36. The van der Waals surface area contributed by atoms with Gasteiger partial charge in [-0.3, -0.25) is 14.4 Å². The number of nitrogens with two attached hydrogens (primary N) is 1. The minimum absolute atomic E-state index is 0.0949. The molecule has 0 aromatic carbocycles. The number of rotatable bonds is 40. The predicted molar refractivity (Wildman–Crippen MR) is 290 cm³/mol. The van der Waals surface area contributed by atoms with Crippen LogP contribution in [-0.4, -0.2) is 73.1 Å². The predicted octanol–water partition coefficient (Wildman–Crippen LogP) is 12.7. The van der Waals surface area contributed by atoms with Gasteiger partial charge in [0.15, 0.2) is 0 Å². The van der Waals surface area contributed by atoms with Crippen molar-refractivity contribution in [2.75, 3.05) is 49.2 Å². The molecule has 0 bridgehead atoms. The lowest BCUT2D eigenvalue weighted by Gasteiger charge is -2.05. The highest BCUT2D eigenvalue weighted by molar-refractivity contribution is 8.77. The van der Waals surface area contributed by atoms with E-state index in [1.807, 2.05) is 6.92 Å². The van der Waals surface area contributed by atoms with Crippen molar-refractivity contribution in [1.29, 1.82) is 0 Å². The number of hydrogen-bond acceptors (Lipinski definition) is 10. The number of carbonyl (C=O) groups excluding carboxylic acids is 5. The molecule has 0 rings (SSSR count). The molecule has 0 saturated heterocycles. The van der Waals surface area contributed by atoms with Gasteiger partial charge in [-0.05, 0) is 89.9 Å². The number of unbranched alkanes of at least 4 members (excludes halogenated alkanes) is 2. The third kappa shape index (κ3) is 67.3.